The van der Waals surface area contributed by atoms with Crippen molar-refractivity contribution in [2.24, 2.45) is 7.05 Å². The number of hydrogen-bond donors (Lipinski definition) is 1. The van der Waals surface area contributed by atoms with Gasteiger partial charge in [0.25, 0.3) is 5.91 Å². The zero-order chi connectivity index (χ0) is 17.1. The molecule has 1 amide bonds. The molecule has 0 bridgehead atoms. The highest BCUT2D eigenvalue weighted by Gasteiger charge is 2.27. The van der Waals surface area contributed by atoms with E-state index in [0.29, 0.717) is 11.7 Å². The van der Waals surface area contributed by atoms with Crippen molar-refractivity contribution >= 4 is 17.2 Å². The van der Waals surface area contributed by atoms with Gasteiger partial charge in [-0.3, -0.25) is 9.69 Å². The Morgan fingerprint density at radius 2 is 2.21 bits per heavy atom. The molecule has 0 spiro atoms. The Morgan fingerprint density at radius 1 is 1.38 bits per heavy atom. The summed E-state index contributed by atoms with van der Waals surface area (Å²) in [6, 6.07) is 10.4. The smallest absolute Gasteiger partial charge is 0.267 e. The fraction of sp³-hybridized carbons (Fsp3) is 0.444. The van der Waals surface area contributed by atoms with Crippen molar-refractivity contribution in [2.75, 3.05) is 13.6 Å². The minimum Gasteiger partial charge on any atom is -0.354 e. The van der Waals surface area contributed by atoms with Crippen molar-refractivity contribution in [3.05, 3.63) is 45.4 Å². The maximum Gasteiger partial charge on any atom is 0.267 e. The van der Waals surface area contributed by atoms with Crippen LogP contribution in [0.2, 0.25) is 0 Å². The van der Waals surface area contributed by atoms with Gasteiger partial charge in [-0.25, -0.2) is 0 Å². The molecule has 1 aliphatic heterocycles. The molecule has 0 saturated carbocycles. The van der Waals surface area contributed by atoms with Crippen LogP contribution in [0.15, 0.2) is 24.3 Å². The van der Waals surface area contributed by atoms with Crippen molar-refractivity contribution in [3.8, 4) is 6.07 Å². The molecule has 1 N–H and O–H groups in total. The summed E-state index contributed by atoms with van der Waals surface area (Å²) in [5.41, 5.74) is 1.88. The highest BCUT2D eigenvalue weighted by Crippen LogP contribution is 2.33. The maximum absolute atomic E-state index is 12.0. The quantitative estimate of drug-likeness (QED) is 0.929. The molecular weight excluding hydrogens is 320 g/mol. The van der Waals surface area contributed by atoms with E-state index in [2.05, 4.69) is 28.4 Å². The number of thiophene rings is 1. The van der Waals surface area contributed by atoms with Crippen molar-refractivity contribution in [3.63, 3.8) is 0 Å². The number of piperidine rings is 1. The Balaban J connectivity index is 1.83. The highest BCUT2D eigenvalue weighted by atomic mass is 32.1. The van der Waals surface area contributed by atoms with Gasteiger partial charge in [-0.2, -0.15) is 5.26 Å². The molecule has 1 saturated heterocycles. The van der Waals surface area contributed by atoms with E-state index >= 15 is 0 Å². The highest BCUT2D eigenvalue weighted by molar-refractivity contribution is 7.12. The maximum atomic E-state index is 12.0. The molecule has 5 nitrogen and oxygen atoms in total. The minimum atomic E-state index is -0.0528. The van der Waals surface area contributed by atoms with Crippen LogP contribution in [0.25, 0.3) is 0 Å². The number of likely N-dealkylation sites (tertiary alicyclic amines) is 1. The van der Waals surface area contributed by atoms with Gasteiger partial charge in [-0.05, 0) is 43.7 Å². The Morgan fingerprint density at radius 3 is 2.92 bits per heavy atom. The Hall–Kier alpha value is -2.10. The van der Waals surface area contributed by atoms with Gasteiger partial charge in [0.05, 0.1) is 6.04 Å². The number of carbonyl (C=O) groups excluding carboxylic acids is 1. The van der Waals surface area contributed by atoms with Crippen molar-refractivity contribution in [2.45, 2.75) is 31.8 Å². The first-order valence-corrected chi connectivity index (χ1v) is 9.06. The second kappa shape index (κ2) is 7.20. The molecule has 0 aromatic carbocycles. The lowest BCUT2D eigenvalue weighted by molar-refractivity contribution is 0.0952. The number of nitriles is 1. The van der Waals surface area contributed by atoms with Gasteiger partial charge in [-0.1, -0.05) is 6.42 Å². The number of nitrogens with zero attached hydrogens (tertiary/aromatic N) is 3. The van der Waals surface area contributed by atoms with Gasteiger partial charge in [-0.15, -0.1) is 11.3 Å². The number of aromatic nitrogens is 1. The average Bonchev–Trinajstić information content (AvgIpc) is 3.21. The lowest BCUT2D eigenvalue weighted by Gasteiger charge is -2.36. The number of rotatable bonds is 4. The zero-order valence-electron chi connectivity index (χ0n) is 14.1. The fourth-order valence-corrected chi connectivity index (χ4v) is 4.29. The van der Waals surface area contributed by atoms with Crippen LogP contribution in [0.1, 0.15) is 51.2 Å². The van der Waals surface area contributed by atoms with Crippen LogP contribution in [0.4, 0.5) is 0 Å². The third-order valence-corrected chi connectivity index (χ3v) is 5.68. The second-order valence-electron chi connectivity index (χ2n) is 6.14. The summed E-state index contributed by atoms with van der Waals surface area (Å²) in [6.45, 7) is 1.91. The molecule has 0 aliphatic carbocycles. The van der Waals surface area contributed by atoms with Crippen LogP contribution in [-0.4, -0.2) is 29.0 Å². The molecule has 2 aromatic heterocycles. The molecule has 3 heterocycles. The average molecular weight is 342 g/mol. The lowest BCUT2D eigenvalue weighted by atomic mass is 9.99. The van der Waals surface area contributed by atoms with E-state index in [1.54, 1.807) is 18.4 Å². The standard InChI is InChI=1S/C18H22N4OS/c1-20-18(23)17-9-8-15(21(17)2)16-5-3-4-10-22(16)12-14-7-6-13(11-19)24-14/h6-9,16H,3-5,10,12H2,1-2H3,(H,20,23)/t16-/m0/s1. The first-order chi connectivity index (χ1) is 11.6. The molecule has 2 aromatic rings. The van der Waals surface area contributed by atoms with E-state index in [-0.39, 0.29) is 5.91 Å². The first kappa shape index (κ1) is 16.7. The Bertz CT molecular complexity index is 770. The van der Waals surface area contributed by atoms with E-state index in [9.17, 15) is 4.79 Å². The summed E-state index contributed by atoms with van der Waals surface area (Å²) in [5.74, 6) is -0.0528. The summed E-state index contributed by atoms with van der Waals surface area (Å²) >= 11 is 1.57. The lowest BCUT2D eigenvalue weighted by Crippen LogP contribution is -2.34. The van der Waals surface area contributed by atoms with Crippen LogP contribution >= 0.6 is 11.3 Å². The topological polar surface area (TPSA) is 61.1 Å². The molecule has 1 aliphatic rings. The predicted molar refractivity (Wildman–Crippen MR) is 94.8 cm³/mol. The van der Waals surface area contributed by atoms with E-state index in [1.165, 1.54) is 23.4 Å². The van der Waals surface area contributed by atoms with Gasteiger partial charge in [0, 0.05) is 31.2 Å². The summed E-state index contributed by atoms with van der Waals surface area (Å²) in [6.07, 6.45) is 3.50. The molecule has 126 valence electrons. The molecule has 6 heteroatoms. The Kier molecular flexibility index (Phi) is 5.03. The van der Waals surface area contributed by atoms with Gasteiger partial charge in [0.1, 0.15) is 16.6 Å². The van der Waals surface area contributed by atoms with Gasteiger partial charge < -0.3 is 9.88 Å². The van der Waals surface area contributed by atoms with E-state index in [1.807, 2.05) is 23.7 Å². The number of nitrogens with one attached hydrogen (secondary N) is 1. The van der Waals surface area contributed by atoms with Crippen molar-refractivity contribution < 1.29 is 4.79 Å². The monoisotopic (exact) mass is 342 g/mol. The van der Waals surface area contributed by atoms with Gasteiger partial charge in [0.2, 0.25) is 0 Å². The summed E-state index contributed by atoms with van der Waals surface area (Å²) in [7, 11) is 3.62. The normalized spacial score (nSPS) is 18.3. The molecule has 24 heavy (non-hydrogen) atoms. The Labute approximate surface area is 146 Å². The summed E-state index contributed by atoms with van der Waals surface area (Å²) in [4.78, 5) is 16.4. The largest absolute Gasteiger partial charge is 0.354 e. The molecule has 1 fully saturated rings. The van der Waals surface area contributed by atoms with Gasteiger partial charge in [0.15, 0.2) is 0 Å². The van der Waals surface area contributed by atoms with E-state index in [4.69, 9.17) is 5.26 Å². The van der Waals surface area contributed by atoms with Crippen molar-refractivity contribution in [1.29, 1.82) is 5.26 Å². The predicted octanol–water partition coefficient (Wildman–Crippen LogP) is 3.05. The number of hydrogen-bond acceptors (Lipinski definition) is 4. The second-order valence-corrected chi connectivity index (χ2v) is 7.31. The SMILES string of the molecule is CNC(=O)c1ccc([C@@H]2CCCCN2Cc2ccc(C#N)s2)n1C. The minimum absolute atomic E-state index is 0.0528. The third kappa shape index (κ3) is 3.23. The van der Waals surface area contributed by atoms with E-state index in [0.717, 1.165) is 24.4 Å². The van der Waals surface area contributed by atoms with Crippen LogP contribution in [0.3, 0.4) is 0 Å². The molecule has 1 atom stereocenters. The number of amides is 1. The zero-order valence-corrected chi connectivity index (χ0v) is 14.9. The fourth-order valence-electron chi connectivity index (χ4n) is 3.46. The molecular formula is C18H22N4OS. The third-order valence-electron chi connectivity index (χ3n) is 4.71. The van der Waals surface area contributed by atoms with E-state index < -0.39 is 0 Å². The molecule has 0 radical (unpaired) electrons. The first-order valence-electron chi connectivity index (χ1n) is 8.24. The summed E-state index contributed by atoms with van der Waals surface area (Å²) in [5, 5.41) is 11.7. The molecule has 0 unspecified atom stereocenters. The number of carbonyl (C=O) groups is 1. The van der Waals surface area contributed by atoms with Gasteiger partial charge >= 0.3 is 0 Å². The van der Waals surface area contributed by atoms with Crippen LogP contribution in [0.5, 0.6) is 0 Å². The van der Waals surface area contributed by atoms with Crippen LogP contribution < -0.4 is 5.32 Å². The van der Waals surface area contributed by atoms with Crippen LogP contribution in [-0.2, 0) is 13.6 Å². The molecule has 3 rings (SSSR count). The summed E-state index contributed by atoms with van der Waals surface area (Å²) < 4.78 is 2.01. The van der Waals surface area contributed by atoms with Crippen molar-refractivity contribution in [1.82, 2.24) is 14.8 Å². The van der Waals surface area contributed by atoms with Crippen LogP contribution in [0, 0.1) is 11.3 Å².